The third kappa shape index (κ3) is 3.99. The van der Waals surface area contributed by atoms with Gasteiger partial charge in [-0.3, -0.25) is 14.5 Å². The number of nitrogens with zero attached hydrogens (tertiary/aromatic N) is 2. The Balaban J connectivity index is 1.69. The molecule has 1 aliphatic rings. The molecule has 1 fully saturated rings. The molecule has 1 atom stereocenters. The van der Waals surface area contributed by atoms with Crippen molar-refractivity contribution in [3.05, 3.63) is 34.1 Å². The number of amides is 1. The zero-order valence-corrected chi connectivity index (χ0v) is 14.0. The molecule has 2 heterocycles. The van der Waals surface area contributed by atoms with Crippen LogP contribution in [0.15, 0.2) is 24.3 Å². The summed E-state index contributed by atoms with van der Waals surface area (Å²) in [6.07, 6.45) is 2.15. The fourth-order valence-electron chi connectivity index (χ4n) is 2.52. The predicted molar refractivity (Wildman–Crippen MR) is 89.8 cm³/mol. The normalized spacial score (nSPS) is 17.3. The summed E-state index contributed by atoms with van der Waals surface area (Å²) in [5.41, 5.74) is 0.841. The number of aromatic amines is 1. The van der Waals surface area contributed by atoms with Gasteiger partial charge in [-0.2, -0.15) is 5.10 Å². The molecule has 0 unspecified atom stereocenters. The van der Waals surface area contributed by atoms with Crippen molar-refractivity contribution in [2.75, 3.05) is 13.2 Å². The van der Waals surface area contributed by atoms with Crippen LogP contribution in [-0.2, 0) is 16.1 Å². The van der Waals surface area contributed by atoms with Crippen molar-refractivity contribution in [2.45, 2.75) is 25.5 Å². The zero-order valence-electron chi connectivity index (χ0n) is 12.4. The van der Waals surface area contributed by atoms with Gasteiger partial charge in [-0.05, 0) is 49.3 Å². The van der Waals surface area contributed by atoms with Gasteiger partial charge in [-0.1, -0.05) is 11.6 Å². The summed E-state index contributed by atoms with van der Waals surface area (Å²) in [4.78, 5) is 12.2. The Labute approximate surface area is 143 Å². The average molecular weight is 353 g/mol. The lowest BCUT2D eigenvalue weighted by atomic mass is 10.2. The number of rotatable bonds is 5. The SMILES string of the molecule is O=C(Cn1c(-c2ccc(Cl)cc2)n[nH]c1=S)NC[C@H]1CCCO1. The molecule has 1 saturated heterocycles. The van der Waals surface area contributed by atoms with Crippen LogP contribution in [0.3, 0.4) is 0 Å². The number of halogens is 1. The maximum Gasteiger partial charge on any atom is 0.240 e. The maximum absolute atomic E-state index is 12.2. The van der Waals surface area contributed by atoms with Gasteiger partial charge >= 0.3 is 0 Å². The molecule has 6 nitrogen and oxygen atoms in total. The Morgan fingerprint density at radius 1 is 1.48 bits per heavy atom. The molecule has 23 heavy (non-hydrogen) atoms. The lowest BCUT2D eigenvalue weighted by molar-refractivity contribution is -0.122. The van der Waals surface area contributed by atoms with Crippen LogP contribution >= 0.6 is 23.8 Å². The summed E-state index contributed by atoms with van der Waals surface area (Å²) >= 11 is 11.1. The highest BCUT2D eigenvalue weighted by Gasteiger charge is 2.17. The first-order chi connectivity index (χ1) is 11.1. The molecule has 1 aliphatic heterocycles. The average Bonchev–Trinajstić information content (AvgIpc) is 3.17. The van der Waals surface area contributed by atoms with Crippen molar-refractivity contribution in [2.24, 2.45) is 0 Å². The fraction of sp³-hybridized carbons (Fsp3) is 0.400. The topological polar surface area (TPSA) is 71.9 Å². The highest BCUT2D eigenvalue weighted by Crippen LogP contribution is 2.20. The fourth-order valence-corrected chi connectivity index (χ4v) is 2.84. The third-order valence-electron chi connectivity index (χ3n) is 3.71. The molecule has 1 aromatic carbocycles. The van der Waals surface area contributed by atoms with Crippen molar-refractivity contribution in [3.8, 4) is 11.4 Å². The first-order valence-electron chi connectivity index (χ1n) is 7.43. The van der Waals surface area contributed by atoms with Crippen molar-refractivity contribution < 1.29 is 9.53 Å². The predicted octanol–water partition coefficient (Wildman–Crippen LogP) is 2.56. The van der Waals surface area contributed by atoms with E-state index in [-0.39, 0.29) is 18.6 Å². The van der Waals surface area contributed by atoms with Gasteiger partial charge in [0.05, 0.1) is 6.10 Å². The highest BCUT2D eigenvalue weighted by molar-refractivity contribution is 7.71. The molecule has 1 aromatic heterocycles. The summed E-state index contributed by atoms with van der Waals surface area (Å²) in [6.45, 7) is 1.41. The molecular formula is C15H17ClN4O2S. The number of carbonyl (C=O) groups is 1. The standard InChI is InChI=1S/C15H17ClN4O2S/c16-11-5-3-10(4-6-11)14-18-19-15(23)20(14)9-13(21)17-8-12-2-1-7-22-12/h3-6,12H,1-2,7-9H2,(H,17,21)(H,19,23)/t12-/m1/s1. The van der Waals surface area contributed by atoms with Gasteiger partial charge in [0.25, 0.3) is 0 Å². The largest absolute Gasteiger partial charge is 0.376 e. The first kappa shape index (κ1) is 16.2. The number of nitrogens with one attached hydrogen (secondary N) is 2. The van der Waals surface area contributed by atoms with Crippen molar-refractivity contribution >= 4 is 29.7 Å². The van der Waals surface area contributed by atoms with Crippen LogP contribution in [0.25, 0.3) is 11.4 Å². The number of ether oxygens (including phenoxy) is 1. The molecular weight excluding hydrogens is 336 g/mol. The van der Waals surface area contributed by atoms with Crippen LogP contribution in [0, 0.1) is 4.77 Å². The molecule has 0 bridgehead atoms. The molecule has 0 aliphatic carbocycles. The van der Waals surface area contributed by atoms with E-state index >= 15 is 0 Å². The summed E-state index contributed by atoms with van der Waals surface area (Å²) in [5, 5.41) is 10.5. The highest BCUT2D eigenvalue weighted by atomic mass is 35.5. The molecule has 1 amide bonds. The maximum atomic E-state index is 12.2. The molecule has 8 heteroatoms. The van der Waals surface area contributed by atoms with Gasteiger partial charge in [0, 0.05) is 23.7 Å². The summed E-state index contributed by atoms with van der Waals surface area (Å²) in [5.74, 6) is 0.493. The van der Waals surface area contributed by atoms with E-state index < -0.39 is 0 Å². The molecule has 0 spiro atoms. The lowest BCUT2D eigenvalue weighted by Gasteiger charge is -2.12. The van der Waals surface area contributed by atoms with Gasteiger partial charge in [0.2, 0.25) is 5.91 Å². The Hall–Kier alpha value is -1.70. The minimum absolute atomic E-state index is 0.111. The van der Waals surface area contributed by atoms with Crippen LogP contribution in [0.2, 0.25) is 5.02 Å². The molecule has 2 aromatic rings. The van der Waals surface area contributed by atoms with Gasteiger partial charge in [0.1, 0.15) is 6.54 Å². The number of hydrogen-bond donors (Lipinski definition) is 2. The van der Waals surface area contributed by atoms with E-state index in [2.05, 4.69) is 15.5 Å². The van der Waals surface area contributed by atoms with E-state index in [1.807, 2.05) is 12.1 Å². The Kier molecular flexibility index (Phi) is 5.09. The number of hydrogen-bond acceptors (Lipinski definition) is 4. The summed E-state index contributed by atoms with van der Waals surface area (Å²) in [7, 11) is 0. The lowest BCUT2D eigenvalue weighted by Crippen LogP contribution is -2.34. The number of H-pyrrole nitrogens is 1. The van der Waals surface area contributed by atoms with Crippen molar-refractivity contribution in [1.29, 1.82) is 0 Å². The zero-order chi connectivity index (χ0) is 16.2. The number of benzene rings is 1. The Bertz CT molecular complexity index is 735. The minimum atomic E-state index is -0.117. The molecule has 0 saturated carbocycles. The first-order valence-corrected chi connectivity index (χ1v) is 8.21. The summed E-state index contributed by atoms with van der Waals surface area (Å²) in [6, 6.07) is 7.23. The smallest absolute Gasteiger partial charge is 0.240 e. The van der Waals surface area contributed by atoms with E-state index in [9.17, 15) is 4.79 Å². The third-order valence-corrected chi connectivity index (χ3v) is 4.28. The molecule has 2 N–H and O–H groups in total. The second kappa shape index (κ2) is 7.25. The molecule has 3 rings (SSSR count). The van der Waals surface area contributed by atoms with E-state index in [1.165, 1.54) is 0 Å². The Morgan fingerprint density at radius 3 is 2.96 bits per heavy atom. The van der Waals surface area contributed by atoms with Gasteiger partial charge < -0.3 is 10.1 Å². The van der Waals surface area contributed by atoms with Crippen LogP contribution in [0.4, 0.5) is 0 Å². The van der Waals surface area contributed by atoms with Crippen molar-refractivity contribution in [3.63, 3.8) is 0 Å². The van der Waals surface area contributed by atoms with Crippen molar-refractivity contribution in [1.82, 2.24) is 20.1 Å². The number of aromatic nitrogens is 3. The van der Waals surface area contributed by atoms with Gasteiger partial charge in [0.15, 0.2) is 10.6 Å². The van der Waals surface area contributed by atoms with E-state index in [0.717, 1.165) is 25.0 Å². The Morgan fingerprint density at radius 2 is 2.26 bits per heavy atom. The minimum Gasteiger partial charge on any atom is -0.376 e. The van der Waals surface area contributed by atoms with Gasteiger partial charge in [-0.15, -0.1) is 0 Å². The van der Waals surface area contributed by atoms with Crippen LogP contribution in [-0.4, -0.2) is 39.9 Å². The van der Waals surface area contributed by atoms with Crippen LogP contribution < -0.4 is 5.32 Å². The second-order valence-corrected chi connectivity index (χ2v) is 6.21. The van der Waals surface area contributed by atoms with E-state index in [0.29, 0.717) is 22.2 Å². The molecule has 0 radical (unpaired) electrons. The second-order valence-electron chi connectivity index (χ2n) is 5.38. The summed E-state index contributed by atoms with van der Waals surface area (Å²) < 4.78 is 7.57. The van der Waals surface area contributed by atoms with Crippen LogP contribution in [0.1, 0.15) is 12.8 Å². The molecule has 122 valence electrons. The van der Waals surface area contributed by atoms with Crippen LogP contribution in [0.5, 0.6) is 0 Å². The monoisotopic (exact) mass is 352 g/mol. The van der Waals surface area contributed by atoms with E-state index in [1.54, 1.807) is 16.7 Å². The number of carbonyl (C=O) groups excluding carboxylic acids is 1. The van der Waals surface area contributed by atoms with E-state index in [4.69, 9.17) is 28.6 Å². The quantitative estimate of drug-likeness (QED) is 0.811. The van der Waals surface area contributed by atoms with Gasteiger partial charge in [-0.25, -0.2) is 0 Å².